The second-order valence-corrected chi connectivity index (χ2v) is 8.58. The molecule has 2 aliphatic heterocycles. The van der Waals surface area contributed by atoms with Crippen LogP contribution in [0, 0.1) is 0 Å². The van der Waals surface area contributed by atoms with Crippen LogP contribution < -0.4 is 24.6 Å². The Morgan fingerprint density at radius 3 is 2.41 bits per heavy atom. The van der Waals surface area contributed by atoms with Gasteiger partial charge >= 0.3 is 7.12 Å². The molecule has 0 bridgehead atoms. The van der Waals surface area contributed by atoms with Crippen molar-refractivity contribution in [2.75, 3.05) is 44.3 Å². The fraction of sp³-hybridized carbons (Fsp3) is 0.308. The monoisotopic (exact) mass is 460 g/mol. The zero-order valence-electron chi connectivity index (χ0n) is 19.1. The van der Waals surface area contributed by atoms with Gasteiger partial charge in [0.2, 0.25) is 0 Å². The molecule has 3 aromatic rings. The van der Waals surface area contributed by atoms with E-state index >= 15 is 0 Å². The van der Waals surface area contributed by atoms with E-state index in [2.05, 4.69) is 15.9 Å². The summed E-state index contributed by atoms with van der Waals surface area (Å²) in [7, 11) is -1.59. The highest BCUT2D eigenvalue weighted by Gasteiger charge is 2.24. The number of hydrogen-bond donors (Lipinski definition) is 2. The summed E-state index contributed by atoms with van der Waals surface area (Å²) in [6, 6.07) is 21.5. The van der Waals surface area contributed by atoms with E-state index in [1.165, 1.54) is 0 Å². The van der Waals surface area contributed by atoms with Crippen LogP contribution in [0.25, 0.3) is 0 Å². The lowest BCUT2D eigenvalue weighted by Crippen LogP contribution is -2.46. The number of hydrogen-bond acceptors (Lipinski definition) is 7. The Balaban J connectivity index is 1.21. The van der Waals surface area contributed by atoms with E-state index in [9.17, 15) is 10.0 Å². The predicted molar refractivity (Wildman–Crippen MR) is 132 cm³/mol. The molecule has 0 amide bonds. The average molecular weight is 460 g/mol. The van der Waals surface area contributed by atoms with Crippen LogP contribution >= 0.6 is 0 Å². The molecule has 2 N–H and O–H groups in total. The Bertz CT molecular complexity index is 1100. The Morgan fingerprint density at radius 2 is 1.62 bits per heavy atom. The number of benzene rings is 3. The zero-order chi connectivity index (χ0) is 23.3. The third-order valence-corrected chi connectivity index (χ3v) is 6.25. The highest BCUT2D eigenvalue weighted by molar-refractivity contribution is 6.59. The van der Waals surface area contributed by atoms with Crippen LogP contribution in [-0.2, 0) is 13.2 Å². The summed E-state index contributed by atoms with van der Waals surface area (Å²) in [6.45, 7) is 5.83. The van der Waals surface area contributed by atoms with Crippen molar-refractivity contribution in [3.05, 3.63) is 77.9 Å². The molecular weight excluding hydrogens is 431 g/mol. The molecule has 176 valence electrons. The Hall–Kier alpha value is -3.20. The van der Waals surface area contributed by atoms with E-state index in [4.69, 9.17) is 14.2 Å². The summed E-state index contributed by atoms with van der Waals surface area (Å²) >= 11 is 0. The fourth-order valence-electron chi connectivity index (χ4n) is 4.48. The van der Waals surface area contributed by atoms with Gasteiger partial charge in [0.05, 0.1) is 5.69 Å². The van der Waals surface area contributed by atoms with Crippen molar-refractivity contribution >= 4 is 18.3 Å². The van der Waals surface area contributed by atoms with E-state index in [1.54, 1.807) is 0 Å². The quantitative estimate of drug-likeness (QED) is 0.523. The van der Waals surface area contributed by atoms with Gasteiger partial charge in [0, 0.05) is 38.2 Å². The number of rotatable bonds is 7. The number of para-hydroxylation sites is 1. The topological polar surface area (TPSA) is 74.6 Å². The van der Waals surface area contributed by atoms with Crippen molar-refractivity contribution in [1.82, 2.24) is 4.90 Å². The van der Waals surface area contributed by atoms with Crippen molar-refractivity contribution in [2.24, 2.45) is 0 Å². The summed E-state index contributed by atoms with van der Waals surface area (Å²) in [5, 5.41) is 19.8. The Labute approximate surface area is 200 Å². The van der Waals surface area contributed by atoms with Gasteiger partial charge in [-0.3, -0.25) is 4.90 Å². The van der Waals surface area contributed by atoms with Gasteiger partial charge < -0.3 is 29.2 Å². The van der Waals surface area contributed by atoms with Gasteiger partial charge in [-0.25, -0.2) is 0 Å². The van der Waals surface area contributed by atoms with Gasteiger partial charge in [-0.1, -0.05) is 48.5 Å². The second kappa shape index (κ2) is 10.4. The van der Waals surface area contributed by atoms with Crippen LogP contribution in [0.2, 0.25) is 0 Å². The van der Waals surface area contributed by atoms with Crippen LogP contribution in [0.5, 0.6) is 17.2 Å². The van der Waals surface area contributed by atoms with Crippen molar-refractivity contribution in [3.8, 4) is 17.2 Å². The normalized spacial score (nSPS) is 15.8. The van der Waals surface area contributed by atoms with Crippen LogP contribution in [0.15, 0.2) is 66.7 Å². The van der Waals surface area contributed by atoms with Gasteiger partial charge in [-0.15, -0.1) is 0 Å². The lowest BCUT2D eigenvalue weighted by Gasteiger charge is -2.37. The molecule has 5 rings (SSSR count). The molecule has 0 radical (unpaired) electrons. The van der Waals surface area contributed by atoms with E-state index in [1.807, 2.05) is 60.7 Å². The highest BCUT2D eigenvalue weighted by Crippen LogP contribution is 2.39. The standard InChI is InChI=1S/C26H29BN2O5/c30-27(31)22-17-21(9-10-24(22)34-19-20-5-2-1-3-6-20)18-28-11-13-29(14-12-28)23-7-4-8-25-26(23)33-16-15-32-25/h1-10,17,30-31H,11-16,18-19H2. The van der Waals surface area contributed by atoms with Gasteiger partial charge in [0.1, 0.15) is 25.6 Å². The maximum Gasteiger partial charge on any atom is 0.492 e. The third-order valence-electron chi connectivity index (χ3n) is 6.25. The van der Waals surface area contributed by atoms with Crippen LogP contribution in [0.3, 0.4) is 0 Å². The molecule has 0 spiro atoms. The number of piperazine rings is 1. The maximum absolute atomic E-state index is 9.92. The number of anilines is 1. The molecule has 8 heteroatoms. The molecule has 2 heterocycles. The molecule has 0 atom stereocenters. The number of fused-ring (bicyclic) bond motifs is 1. The highest BCUT2D eigenvalue weighted by atomic mass is 16.6. The number of nitrogens with zero attached hydrogens (tertiary/aromatic N) is 2. The van der Waals surface area contributed by atoms with Gasteiger partial charge in [-0.2, -0.15) is 0 Å². The molecular formula is C26H29BN2O5. The summed E-state index contributed by atoms with van der Waals surface area (Å²) < 4.78 is 17.5. The van der Waals surface area contributed by atoms with Gasteiger partial charge in [0.25, 0.3) is 0 Å². The molecule has 1 saturated heterocycles. The third kappa shape index (κ3) is 5.14. The first-order chi connectivity index (χ1) is 16.7. The van der Waals surface area contributed by atoms with Crippen molar-refractivity contribution in [1.29, 1.82) is 0 Å². The first-order valence-corrected chi connectivity index (χ1v) is 11.7. The van der Waals surface area contributed by atoms with Crippen molar-refractivity contribution < 1.29 is 24.3 Å². The van der Waals surface area contributed by atoms with Crippen LogP contribution in [0.4, 0.5) is 5.69 Å². The van der Waals surface area contributed by atoms with Gasteiger partial charge in [0.15, 0.2) is 11.5 Å². The fourth-order valence-corrected chi connectivity index (χ4v) is 4.48. The van der Waals surface area contributed by atoms with E-state index in [0.717, 1.165) is 61.0 Å². The molecule has 34 heavy (non-hydrogen) atoms. The van der Waals surface area contributed by atoms with Crippen LogP contribution in [-0.4, -0.2) is 61.5 Å². The molecule has 1 fully saturated rings. The largest absolute Gasteiger partial charge is 0.492 e. The predicted octanol–water partition coefficient (Wildman–Crippen LogP) is 2.04. The Kier molecular flexibility index (Phi) is 6.90. The molecule has 2 aliphatic rings. The SMILES string of the molecule is OB(O)c1cc(CN2CCN(c3cccc4c3OCCO4)CC2)ccc1OCc1ccccc1. The molecule has 0 saturated carbocycles. The summed E-state index contributed by atoms with van der Waals surface area (Å²) in [6.07, 6.45) is 0. The second-order valence-electron chi connectivity index (χ2n) is 8.58. The minimum Gasteiger partial charge on any atom is -0.489 e. The average Bonchev–Trinajstić information content (AvgIpc) is 2.88. The van der Waals surface area contributed by atoms with E-state index in [-0.39, 0.29) is 0 Å². The first-order valence-electron chi connectivity index (χ1n) is 11.7. The van der Waals surface area contributed by atoms with E-state index < -0.39 is 7.12 Å². The lowest BCUT2D eigenvalue weighted by atomic mass is 9.78. The number of ether oxygens (including phenoxy) is 3. The zero-order valence-corrected chi connectivity index (χ0v) is 19.1. The van der Waals surface area contributed by atoms with E-state index in [0.29, 0.717) is 31.0 Å². The summed E-state index contributed by atoms with van der Waals surface area (Å²) in [4.78, 5) is 4.71. The summed E-state index contributed by atoms with van der Waals surface area (Å²) in [5.41, 5.74) is 3.53. The molecule has 7 nitrogen and oxygen atoms in total. The molecule has 0 aliphatic carbocycles. The van der Waals surface area contributed by atoms with Crippen molar-refractivity contribution in [3.63, 3.8) is 0 Å². The summed E-state index contributed by atoms with van der Waals surface area (Å²) in [5.74, 6) is 2.15. The Morgan fingerprint density at radius 1 is 0.824 bits per heavy atom. The molecule has 0 aromatic heterocycles. The first kappa shape index (κ1) is 22.6. The molecule has 0 unspecified atom stereocenters. The smallest absolute Gasteiger partial charge is 0.489 e. The van der Waals surface area contributed by atoms with Crippen LogP contribution in [0.1, 0.15) is 11.1 Å². The minimum atomic E-state index is -1.59. The van der Waals surface area contributed by atoms with Crippen molar-refractivity contribution in [2.45, 2.75) is 13.2 Å². The lowest BCUT2D eigenvalue weighted by molar-refractivity contribution is 0.171. The maximum atomic E-state index is 9.92. The van der Waals surface area contributed by atoms with Gasteiger partial charge in [-0.05, 0) is 29.3 Å². The molecule has 3 aromatic carbocycles. The minimum absolute atomic E-state index is 0.375.